The summed E-state index contributed by atoms with van der Waals surface area (Å²) in [7, 11) is -2.14. The normalized spacial score (nSPS) is 26.2. The van der Waals surface area contributed by atoms with Gasteiger partial charge in [0.15, 0.2) is 6.04 Å². The molecule has 2 amide bonds. The summed E-state index contributed by atoms with van der Waals surface area (Å²) in [6, 6.07) is -1.41. The van der Waals surface area contributed by atoms with Gasteiger partial charge in [0.05, 0.1) is 12.6 Å². The molecule has 0 saturated carbocycles. The minimum absolute atomic E-state index is 0.0235. The van der Waals surface area contributed by atoms with Gasteiger partial charge in [-0.15, -0.1) is 0 Å². The monoisotopic (exact) mass is 312 g/mol. The van der Waals surface area contributed by atoms with Crippen LogP contribution in [0.2, 0.25) is 18.1 Å². The quantitative estimate of drug-likeness (QED) is 0.642. The van der Waals surface area contributed by atoms with Crippen molar-refractivity contribution in [3.05, 3.63) is 11.6 Å². The lowest BCUT2D eigenvalue weighted by Crippen LogP contribution is -2.49. The molecule has 0 aliphatic carbocycles. The van der Waals surface area contributed by atoms with Gasteiger partial charge in [0.1, 0.15) is 0 Å². The van der Waals surface area contributed by atoms with Crippen LogP contribution in [0, 0.1) is 0 Å². The van der Waals surface area contributed by atoms with Crippen molar-refractivity contribution in [3.63, 3.8) is 0 Å². The lowest BCUT2D eigenvalue weighted by Gasteiger charge is -2.39. The highest BCUT2D eigenvalue weighted by molar-refractivity contribution is 6.74. The number of carboxylic acid groups (broad SMARTS) is 1. The van der Waals surface area contributed by atoms with Crippen molar-refractivity contribution in [2.24, 2.45) is 0 Å². The number of hydroxylamine groups is 2. The molecule has 6 nitrogen and oxygen atoms in total. The van der Waals surface area contributed by atoms with Crippen molar-refractivity contribution in [3.8, 4) is 0 Å². The number of carboxylic acids is 1. The van der Waals surface area contributed by atoms with Crippen molar-refractivity contribution in [1.29, 1.82) is 0 Å². The molecular formula is C14H24N2O4Si. The van der Waals surface area contributed by atoms with Gasteiger partial charge in [-0.25, -0.2) is 14.7 Å². The third-order valence-corrected chi connectivity index (χ3v) is 8.95. The molecule has 1 N–H and O–H groups in total. The van der Waals surface area contributed by atoms with Crippen LogP contribution in [0.1, 0.15) is 27.7 Å². The molecule has 2 rings (SSSR count). The topological polar surface area (TPSA) is 70.1 Å². The second-order valence-electron chi connectivity index (χ2n) is 7.33. The third kappa shape index (κ3) is 2.60. The first kappa shape index (κ1) is 16.0. The van der Waals surface area contributed by atoms with E-state index < -0.39 is 20.3 Å². The van der Waals surface area contributed by atoms with E-state index in [1.165, 1.54) is 9.96 Å². The van der Waals surface area contributed by atoms with Gasteiger partial charge in [-0.1, -0.05) is 26.8 Å². The van der Waals surface area contributed by atoms with Gasteiger partial charge in [0.25, 0.3) is 0 Å². The molecule has 2 heterocycles. The van der Waals surface area contributed by atoms with Gasteiger partial charge < -0.3 is 14.5 Å². The van der Waals surface area contributed by atoms with Gasteiger partial charge in [-0.3, -0.25) is 0 Å². The summed E-state index contributed by atoms with van der Waals surface area (Å²) >= 11 is 0. The summed E-state index contributed by atoms with van der Waals surface area (Å²) in [5, 5.41) is 10.7. The van der Waals surface area contributed by atoms with Crippen molar-refractivity contribution < 1.29 is 19.2 Å². The molecule has 1 fully saturated rings. The van der Waals surface area contributed by atoms with Crippen molar-refractivity contribution in [1.82, 2.24) is 9.96 Å². The molecule has 2 aliphatic rings. The molecule has 2 bridgehead atoms. The van der Waals surface area contributed by atoms with Gasteiger partial charge in [0, 0.05) is 0 Å². The number of urea groups is 1. The Hall–Kier alpha value is -1.34. The predicted molar refractivity (Wildman–Crippen MR) is 81.2 cm³/mol. The molecule has 0 spiro atoms. The van der Waals surface area contributed by atoms with Crippen LogP contribution in [0.3, 0.4) is 0 Å². The summed E-state index contributed by atoms with van der Waals surface area (Å²) in [6.45, 7) is 12.6. The van der Waals surface area contributed by atoms with Crippen molar-refractivity contribution >= 4 is 20.3 Å². The number of rotatable bonds is 3. The van der Waals surface area contributed by atoms with Gasteiger partial charge >= 0.3 is 12.0 Å². The summed E-state index contributed by atoms with van der Waals surface area (Å²) in [6.07, 6.45) is 1.84. The predicted octanol–water partition coefficient (Wildman–Crippen LogP) is 2.44. The maximum atomic E-state index is 12.5. The van der Waals surface area contributed by atoms with Crippen LogP contribution in [-0.2, 0) is 9.32 Å². The Kier molecular flexibility index (Phi) is 3.70. The van der Waals surface area contributed by atoms with E-state index in [0.29, 0.717) is 12.1 Å². The minimum atomic E-state index is -2.14. The Bertz CT molecular complexity index is 510. The molecule has 0 aromatic carbocycles. The molecule has 118 valence electrons. The number of amides is 2. The maximum absolute atomic E-state index is 12.5. The molecule has 21 heavy (non-hydrogen) atoms. The van der Waals surface area contributed by atoms with E-state index in [4.69, 9.17) is 4.53 Å². The first-order valence-electron chi connectivity index (χ1n) is 7.16. The Morgan fingerprint density at radius 2 is 2.00 bits per heavy atom. The van der Waals surface area contributed by atoms with Gasteiger partial charge in [-0.2, -0.15) is 0 Å². The Balaban J connectivity index is 2.27. The first-order valence-corrected chi connectivity index (χ1v) is 10.1. The first-order chi connectivity index (χ1) is 9.45. The number of nitrogens with zero attached hydrogens (tertiary/aromatic N) is 2. The van der Waals surface area contributed by atoms with Crippen molar-refractivity contribution in [2.75, 3.05) is 6.54 Å². The Labute approximate surface area is 126 Å². The highest BCUT2D eigenvalue weighted by Crippen LogP contribution is 2.39. The number of hydrogen-bond donors (Lipinski definition) is 1. The Morgan fingerprint density at radius 1 is 1.43 bits per heavy atom. The number of aliphatic carboxylic acids is 1. The standard InChI is InChI=1S/C14H24N2O4Si/c1-9-7-10-8-15(11(9)12(17)18)13(19)16(10)20-21(5,6)14(2,3)4/h7,10-11H,8H2,1-6H3,(H,17,18)/t10-,11-/m1/s1. The van der Waals surface area contributed by atoms with Crippen LogP contribution in [0.4, 0.5) is 4.79 Å². The van der Waals surface area contributed by atoms with Crippen LogP contribution >= 0.6 is 0 Å². The zero-order valence-electron chi connectivity index (χ0n) is 13.5. The number of carbonyl (C=O) groups is 2. The minimum Gasteiger partial charge on any atom is -0.479 e. The van der Waals surface area contributed by atoms with Gasteiger partial charge in [-0.05, 0) is 30.6 Å². The molecule has 2 atom stereocenters. The SMILES string of the molecule is CC1=C[C@@H]2CN(C(=O)N2O[Si](C)(C)C(C)(C)C)[C@H]1C(=O)O. The number of fused-ring (bicyclic) bond motifs is 2. The Morgan fingerprint density at radius 3 is 2.48 bits per heavy atom. The summed E-state index contributed by atoms with van der Waals surface area (Å²) in [5.74, 6) is -0.996. The average Bonchev–Trinajstić information content (AvgIpc) is 2.52. The van der Waals surface area contributed by atoms with Crippen LogP contribution in [0.25, 0.3) is 0 Å². The lowest BCUT2D eigenvalue weighted by atomic mass is 10.0. The zero-order chi connectivity index (χ0) is 16.2. The molecular weight excluding hydrogens is 288 g/mol. The van der Waals surface area contributed by atoms with Crippen LogP contribution in [0.5, 0.6) is 0 Å². The van der Waals surface area contributed by atoms with E-state index in [9.17, 15) is 14.7 Å². The third-order valence-electron chi connectivity index (χ3n) is 4.68. The van der Waals surface area contributed by atoms with Crippen LogP contribution < -0.4 is 0 Å². The molecule has 0 unspecified atom stereocenters. The lowest BCUT2D eigenvalue weighted by molar-refractivity contribution is -0.140. The molecule has 0 aromatic heterocycles. The molecule has 7 heteroatoms. The van der Waals surface area contributed by atoms with Crippen LogP contribution in [0.15, 0.2) is 11.6 Å². The van der Waals surface area contributed by atoms with E-state index in [-0.39, 0.29) is 17.1 Å². The van der Waals surface area contributed by atoms with Gasteiger partial charge in [0.2, 0.25) is 8.32 Å². The highest BCUT2D eigenvalue weighted by Gasteiger charge is 2.50. The van der Waals surface area contributed by atoms with E-state index in [1.54, 1.807) is 6.92 Å². The van der Waals surface area contributed by atoms with E-state index in [2.05, 4.69) is 33.9 Å². The molecule has 0 radical (unpaired) electrons. The number of hydrogen-bond acceptors (Lipinski definition) is 3. The molecule has 2 aliphatic heterocycles. The molecule has 0 aromatic rings. The van der Waals surface area contributed by atoms with Crippen LogP contribution in [-0.4, -0.2) is 54.0 Å². The fourth-order valence-corrected chi connectivity index (χ4v) is 3.40. The highest BCUT2D eigenvalue weighted by atomic mass is 28.4. The fraction of sp³-hybridized carbons (Fsp3) is 0.714. The fourth-order valence-electron chi connectivity index (χ4n) is 2.42. The van der Waals surface area contributed by atoms with E-state index in [1.807, 2.05) is 6.08 Å². The summed E-state index contributed by atoms with van der Waals surface area (Å²) < 4.78 is 6.11. The summed E-state index contributed by atoms with van der Waals surface area (Å²) in [5.41, 5.74) is 0.688. The number of carbonyl (C=O) groups excluding carboxylic acids is 1. The van der Waals surface area contributed by atoms with E-state index >= 15 is 0 Å². The average molecular weight is 312 g/mol. The summed E-state index contributed by atoms with van der Waals surface area (Å²) in [4.78, 5) is 25.3. The maximum Gasteiger partial charge on any atom is 0.344 e. The second kappa shape index (κ2) is 4.84. The smallest absolute Gasteiger partial charge is 0.344 e. The second-order valence-corrected chi connectivity index (χ2v) is 12.0. The largest absolute Gasteiger partial charge is 0.479 e. The zero-order valence-corrected chi connectivity index (χ0v) is 14.5. The molecule has 1 saturated heterocycles. The van der Waals surface area contributed by atoms with E-state index in [0.717, 1.165) is 0 Å². The van der Waals surface area contributed by atoms with Crippen molar-refractivity contribution in [2.45, 2.75) is 57.9 Å².